The van der Waals surface area contributed by atoms with Crippen molar-refractivity contribution in [3.63, 3.8) is 0 Å². The van der Waals surface area contributed by atoms with Gasteiger partial charge in [-0.05, 0) is 40.3 Å². The topological polar surface area (TPSA) is 69.4 Å². The molecular weight excluding hydrogens is 336 g/mol. The number of hydrogen-bond acceptors (Lipinski definition) is 4. The maximum Gasteiger partial charge on any atom is 0.287 e. The molecule has 1 aromatic carbocycles. The fourth-order valence-corrected chi connectivity index (χ4v) is 2.04. The van der Waals surface area contributed by atoms with Crippen molar-refractivity contribution < 1.29 is 14.5 Å². The highest BCUT2D eigenvalue weighted by Crippen LogP contribution is 2.30. The standard InChI is InChI=1S/C8H5ClINO4/c1-15-4-2-5(8(9)12)7(10)6(3-4)11(13)14/h2-3H,1H3. The van der Waals surface area contributed by atoms with Gasteiger partial charge in [0.15, 0.2) is 0 Å². The summed E-state index contributed by atoms with van der Waals surface area (Å²) in [7, 11) is 1.36. The molecule has 0 unspecified atom stereocenters. The maximum atomic E-state index is 11.0. The van der Waals surface area contributed by atoms with E-state index >= 15 is 0 Å². The molecule has 0 atom stereocenters. The lowest BCUT2D eigenvalue weighted by Gasteiger charge is -2.04. The van der Waals surface area contributed by atoms with Crippen LogP contribution in [0.15, 0.2) is 12.1 Å². The van der Waals surface area contributed by atoms with E-state index in [1.54, 1.807) is 22.6 Å². The second-order valence-electron chi connectivity index (χ2n) is 2.54. The van der Waals surface area contributed by atoms with Crippen molar-refractivity contribution >= 4 is 45.1 Å². The van der Waals surface area contributed by atoms with Crippen molar-refractivity contribution in [1.29, 1.82) is 0 Å². The Balaban J connectivity index is 3.47. The van der Waals surface area contributed by atoms with Crippen LogP contribution in [-0.2, 0) is 0 Å². The zero-order chi connectivity index (χ0) is 11.6. The Hall–Kier alpha value is -0.890. The largest absolute Gasteiger partial charge is 0.496 e. The molecule has 0 heterocycles. The van der Waals surface area contributed by atoms with Gasteiger partial charge in [0.1, 0.15) is 9.32 Å². The molecule has 1 rings (SSSR count). The van der Waals surface area contributed by atoms with Crippen LogP contribution in [0.4, 0.5) is 5.69 Å². The number of carbonyl (C=O) groups excluding carboxylic acids is 1. The van der Waals surface area contributed by atoms with Gasteiger partial charge in [-0.2, -0.15) is 0 Å². The fraction of sp³-hybridized carbons (Fsp3) is 0.125. The Morgan fingerprint density at radius 2 is 2.20 bits per heavy atom. The normalized spacial score (nSPS) is 9.80. The second-order valence-corrected chi connectivity index (χ2v) is 3.96. The molecule has 0 radical (unpaired) electrons. The fourth-order valence-electron chi connectivity index (χ4n) is 0.977. The predicted molar refractivity (Wildman–Crippen MR) is 62.5 cm³/mol. The lowest BCUT2D eigenvalue weighted by atomic mass is 10.2. The summed E-state index contributed by atoms with van der Waals surface area (Å²) in [5.41, 5.74) is -0.123. The van der Waals surface area contributed by atoms with Crippen molar-refractivity contribution in [1.82, 2.24) is 0 Å². The van der Waals surface area contributed by atoms with Crippen molar-refractivity contribution in [3.8, 4) is 5.75 Å². The number of rotatable bonds is 3. The molecule has 0 aliphatic rings. The molecule has 0 spiro atoms. The lowest BCUT2D eigenvalue weighted by Crippen LogP contribution is -2.00. The van der Waals surface area contributed by atoms with E-state index in [-0.39, 0.29) is 20.6 Å². The number of hydrogen-bond donors (Lipinski definition) is 0. The summed E-state index contributed by atoms with van der Waals surface area (Å²) >= 11 is 6.99. The van der Waals surface area contributed by atoms with Gasteiger partial charge in [-0.1, -0.05) is 0 Å². The quantitative estimate of drug-likeness (QED) is 0.367. The zero-order valence-electron chi connectivity index (χ0n) is 7.49. The summed E-state index contributed by atoms with van der Waals surface area (Å²) in [4.78, 5) is 21.1. The molecule has 0 N–H and O–H groups in total. The van der Waals surface area contributed by atoms with Crippen LogP contribution < -0.4 is 4.74 Å². The molecule has 15 heavy (non-hydrogen) atoms. The molecule has 0 aliphatic heterocycles. The SMILES string of the molecule is COc1cc(C(=O)Cl)c(I)c([N+](=O)[O-])c1. The van der Waals surface area contributed by atoms with E-state index in [4.69, 9.17) is 16.3 Å². The van der Waals surface area contributed by atoms with Gasteiger partial charge in [-0.3, -0.25) is 14.9 Å². The first-order valence-corrected chi connectivity index (χ1v) is 5.14. The van der Waals surface area contributed by atoms with E-state index in [1.807, 2.05) is 0 Å². The number of benzene rings is 1. The Bertz CT molecular complexity index is 400. The van der Waals surface area contributed by atoms with Crippen LogP contribution in [0, 0.1) is 13.7 Å². The smallest absolute Gasteiger partial charge is 0.287 e. The Labute approximate surface area is 104 Å². The maximum absolute atomic E-state index is 11.0. The van der Waals surface area contributed by atoms with Gasteiger partial charge < -0.3 is 4.74 Å². The van der Waals surface area contributed by atoms with E-state index in [2.05, 4.69) is 0 Å². The molecule has 0 saturated heterocycles. The van der Waals surface area contributed by atoms with Crippen LogP contribution in [-0.4, -0.2) is 17.3 Å². The molecule has 7 heteroatoms. The van der Waals surface area contributed by atoms with Crippen molar-refractivity contribution in [2.75, 3.05) is 7.11 Å². The minimum Gasteiger partial charge on any atom is -0.496 e. The molecule has 1 aromatic rings. The monoisotopic (exact) mass is 341 g/mol. The van der Waals surface area contributed by atoms with Gasteiger partial charge >= 0.3 is 0 Å². The van der Waals surface area contributed by atoms with E-state index in [0.29, 0.717) is 0 Å². The first-order valence-electron chi connectivity index (χ1n) is 3.69. The van der Waals surface area contributed by atoms with Gasteiger partial charge in [0.05, 0.1) is 23.7 Å². The summed E-state index contributed by atoms with van der Waals surface area (Å²) in [6, 6.07) is 2.61. The molecule has 0 amide bonds. The van der Waals surface area contributed by atoms with Crippen molar-refractivity contribution in [3.05, 3.63) is 31.4 Å². The van der Waals surface area contributed by atoms with Crippen molar-refractivity contribution in [2.24, 2.45) is 0 Å². The van der Waals surface area contributed by atoms with Crippen LogP contribution >= 0.6 is 34.2 Å². The molecule has 5 nitrogen and oxygen atoms in total. The number of nitrogens with zero attached hydrogens (tertiary/aromatic N) is 1. The van der Waals surface area contributed by atoms with Crippen LogP contribution in [0.5, 0.6) is 5.75 Å². The summed E-state index contributed by atoms with van der Waals surface area (Å²) < 4.78 is 5.04. The number of carbonyl (C=O) groups is 1. The highest BCUT2D eigenvalue weighted by atomic mass is 127. The van der Waals surface area contributed by atoms with Crippen LogP contribution in [0.3, 0.4) is 0 Å². The molecule has 0 fully saturated rings. The Morgan fingerprint density at radius 3 is 2.60 bits per heavy atom. The molecular formula is C8H5ClINO4. The molecule has 0 aliphatic carbocycles. The number of methoxy groups -OCH3 is 1. The Morgan fingerprint density at radius 1 is 1.60 bits per heavy atom. The highest BCUT2D eigenvalue weighted by Gasteiger charge is 2.20. The third-order valence-electron chi connectivity index (χ3n) is 1.67. The van der Waals surface area contributed by atoms with Gasteiger partial charge in [0, 0.05) is 0 Å². The van der Waals surface area contributed by atoms with Gasteiger partial charge in [-0.25, -0.2) is 0 Å². The van der Waals surface area contributed by atoms with E-state index in [1.165, 1.54) is 19.2 Å². The first-order chi connectivity index (χ1) is 6.97. The Kier molecular flexibility index (Phi) is 3.86. The molecule has 0 saturated carbocycles. The third kappa shape index (κ3) is 2.57. The van der Waals surface area contributed by atoms with Gasteiger partial charge in [-0.15, -0.1) is 0 Å². The number of ether oxygens (including phenoxy) is 1. The average molecular weight is 341 g/mol. The third-order valence-corrected chi connectivity index (χ3v) is 3.01. The second kappa shape index (κ2) is 4.75. The summed E-state index contributed by atoms with van der Waals surface area (Å²) in [6.45, 7) is 0. The van der Waals surface area contributed by atoms with Crippen LogP contribution in [0.25, 0.3) is 0 Å². The number of halogens is 2. The zero-order valence-corrected chi connectivity index (χ0v) is 10.4. The first kappa shape index (κ1) is 12.2. The molecule has 80 valence electrons. The van der Waals surface area contributed by atoms with E-state index < -0.39 is 10.2 Å². The highest BCUT2D eigenvalue weighted by molar-refractivity contribution is 14.1. The lowest BCUT2D eigenvalue weighted by molar-refractivity contribution is -0.385. The van der Waals surface area contributed by atoms with Crippen molar-refractivity contribution in [2.45, 2.75) is 0 Å². The van der Waals surface area contributed by atoms with Gasteiger partial charge in [0.25, 0.3) is 10.9 Å². The summed E-state index contributed by atoms with van der Waals surface area (Å²) in [6.07, 6.45) is 0. The van der Waals surface area contributed by atoms with E-state index in [0.717, 1.165) is 0 Å². The minimum atomic E-state index is -0.749. The number of nitro benzene ring substituents is 1. The molecule has 0 aromatic heterocycles. The summed E-state index contributed by atoms with van der Waals surface area (Å²) in [5.74, 6) is 0.228. The number of nitro groups is 1. The van der Waals surface area contributed by atoms with Crippen LogP contribution in [0.2, 0.25) is 0 Å². The van der Waals surface area contributed by atoms with E-state index in [9.17, 15) is 14.9 Å². The minimum absolute atomic E-state index is 0.0725. The van der Waals surface area contributed by atoms with Gasteiger partial charge in [0.2, 0.25) is 0 Å². The van der Waals surface area contributed by atoms with Crippen LogP contribution in [0.1, 0.15) is 10.4 Å². The average Bonchev–Trinajstić information content (AvgIpc) is 2.17. The predicted octanol–water partition coefficient (Wildman–Crippen LogP) is 2.59. The molecule has 0 bridgehead atoms. The summed E-state index contributed by atoms with van der Waals surface area (Å²) in [5, 5.41) is 9.91.